The fraction of sp³-hybridized carbons (Fsp3) is 0.176. The van der Waals surface area contributed by atoms with Crippen molar-refractivity contribution >= 4 is 66.6 Å². The van der Waals surface area contributed by atoms with E-state index in [1.807, 2.05) is 46.2 Å². The predicted octanol–water partition coefficient (Wildman–Crippen LogP) is -1.39. The molecule has 0 amide bonds. The standard InChI is InChI=1S/C17H16N2S4.2HI/c1-18-12-7-3-5-9-14(12)22-16(18)20-11-21-17-19(2)13-8-4-6-10-15(13)23-17;;/h3-10H,11H2,1-2H3;2*1H/q+2;;/p-2. The van der Waals surface area contributed by atoms with Crippen molar-refractivity contribution in [2.45, 2.75) is 8.68 Å². The van der Waals surface area contributed by atoms with Gasteiger partial charge in [0, 0.05) is 12.1 Å². The first-order valence-electron chi connectivity index (χ1n) is 7.25. The highest BCUT2D eigenvalue weighted by Gasteiger charge is 2.20. The van der Waals surface area contributed by atoms with Crippen molar-refractivity contribution in [2.75, 3.05) is 5.08 Å². The van der Waals surface area contributed by atoms with Gasteiger partial charge in [0.2, 0.25) is 11.0 Å². The Kier molecular flexibility index (Phi) is 8.27. The van der Waals surface area contributed by atoms with E-state index in [0.717, 1.165) is 5.08 Å². The molecule has 2 aromatic carbocycles. The van der Waals surface area contributed by atoms with Crippen LogP contribution in [-0.4, -0.2) is 5.08 Å². The molecule has 4 aromatic rings. The number of benzene rings is 2. The Labute approximate surface area is 198 Å². The van der Waals surface area contributed by atoms with Gasteiger partial charge in [-0.1, -0.05) is 46.9 Å². The molecule has 0 saturated heterocycles. The molecule has 0 aliphatic rings. The summed E-state index contributed by atoms with van der Waals surface area (Å²) in [5.41, 5.74) is 2.63. The van der Waals surface area contributed by atoms with Crippen LogP contribution in [0.4, 0.5) is 0 Å². The molecule has 2 nitrogen and oxygen atoms in total. The minimum Gasteiger partial charge on any atom is -1.00 e. The molecule has 0 fully saturated rings. The van der Waals surface area contributed by atoms with E-state index in [0.29, 0.717) is 0 Å². The molecule has 8 heteroatoms. The number of hydrogen-bond donors (Lipinski definition) is 0. The Bertz CT molecular complexity index is 917. The Morgan fingerprint density at radius 3 is 1.52 bits per heavy atom. The van der Waals surface area contributed by atoms with Crippen LogP contribution in [0, 0.1) is 0 Å². The maximum Gasteiger partial charge on any atom is 0.299 e. The minimum atomic E-state index is 0. The van der Waals surface area contributed by atoms with E-state index in [9.17, 15) is 0 Å². The van der Waals surface area contributed by atoms with Gasteiger partial charge in [0.25, 0.3) is 8.68 Å². The number of halogens is 2. The first-order valence-corrected chi connectivity index (χ1v) is 10.8. The van der Waals surface area contributed by atoms with Gasteiger partial charge in [0.1, 0.15) is 23.5 Å². The number of nitrogens with zero attached hydrogens (tertiary/aromatic N) is 2. The monoisotopic (exact) mass is 630 g/mol. The summed E-state index contributed by atoms with van der Waals surface area (Å²) in [4.78, 5) is 0. The molecule has 132 valence electrons. The van der Waals surface area contributed by atoms with Crippen LogP contribution in [-0.2, 0) is 14.1 Å². The highest BCUT2D eigenvalue weighted by Crippen LogP contribution is 2.34. The van der Waals surface area contributed by atoms with Crippen LogP contribution in [0.1, 0.15) is 0 Å². The third-order valence-corrected chi connectivity index (χ3v) is 8.98. The maximum atomic E-state index is 2.30. The number of thiazole rings is 2. The number of aromatic nitrogens is 2. The summed E-state index contributed by atoms with van der Waals surface area (Å²) >= 11 is 7.60. The molecule has 0 saturated carbocycles. The van der Waals surface area contributed by atoms with E-state index in [-0.39, 0.29) is 48.0 Å². The molecule has 0 atom stereocenters. The lowest BCUT2D eigenvalue weighted by atomic mass is 10.3. The van der Waals surface area contributed by atoms with Gasteiger partial charge in [-0.25, -0.2) is 0 Å². The van der Waals surface area contributed by atoms with E-state index < -0.39 is 0 Å². The summed E-state index contributed by atoms with van der Waals surface area (Å²) in [7, 11) is 4.32. The summed E-state index contributed by atoms with van der Waals surface area (Å²) in [6, 6.07) is 17.2. The van der Waals surface area contributed by atoms with Crippen LogP contribution >= 0.6 is 46.2 Å². The van der Waals surface area contributed by atoms with Crippen molar-refractivity contribution in [3.05, 3.63) is 48.5 Å². The topological polar surface area (TPSA) is 7.76 Å². The normalized spacial score (nSPS) is 10.6. The van der Waals surface area contributed by atoms with Crippen LogP contribution in [0.15, 0.2) is 57.2 Å². The lowest BCUT2D eigenvalue weighted by Gasteiger charge is -1.93. The van der Waals surface area contributed by atoms with Crippen molar-refractivity contribution in [3.8, 4) is 0 Å². The zero-order valence-electron chi connectivity index (χ0n) is 13.6. The molecule has 2 aromatic heterocycles. The average Bonchev–Trinajstić information content (AvgIpc) is 3.07. The summed E-state index contributed by atoms with van der Waals surface area (Å²) in [5, 5.41) is 1.03. The van der Waals surface area contributed by atoms with E-state index in [4.69, 9.17) is 0 Å². The SMILES string of the molecule is C[n+]1c(SCSc2sc3ccccc3[n+]2C)sc2ccccc21.[I-].[I-]. The number of hydrogen-bond acceptors (Lipinski definition) is 4. The Hall–Kier alpha value is 0.380. The predicted molar refractivity (Wildman–Crippen MR) is 103 cm³/mol. The van der Waals surface area contributed by atoms with Gasteiger partial charge in [0.15, 0.2) is 0 Å². The summed E-state index contributed by atoms with van der Waals surface area (Å²) < 4.78 is 10.0. The molecule has 4 rings (SSSR count). The first kappa shape index (κ1) is 21.7. The second kappa shape index (κ2) is 9.54. The van der Waals surface area contributed by atoms with Gasteiger partial charge < -0.3 is 48.0 Å². The van der Waals surface area contributed by atoms with Crippen molar-refractivity contribution in [3.63, 3.8) is 0 Å². The highest BCUT2D eigenvalue weighted by atomic mass is 127. The average molecular weight is 630 g/mol. The molecule has 0 unspecified atom stereocenters. The van der Waals surface area contributed by atoms with Gasteiger partial charge in [0.05, 0.1) is 5.08 Å². The number of fused-ring (bicyclic) bond motifs is 2. The van der Waals surface area contributed by atoms with Crippen LogP contribution in [0.3, 0.4) is 0 Å². The second-order valence-electron chi connectivity index (χ2n) is 5.20. The summed E-state index contributed by atoms with van der Waals surface area (Å²) in [5.74, 6) is 0. The van der Waals surface area contributed by atoms with Gasteiger partial charge in [-0.2, -0.15) is 9.13 Å². The lowest BCUT2D eigenvalue weighted by molar-refractivity contribution is -0.677. The Balaban J connectivity index is 0.00000113. The largest absolute Gasteiger partial charge is 1.00 e. The Morgan fingerprint density at radius 2 is 1.12 bits per heavy atom. The van der Waals surface area contributed by atoms with Gasteiger partial charge in [-0.3, -0.25) is 0 Å². The third kappa shape index (κ3) is 4.45. The van der Waals surface area contributed by atoms with Crippen LogP contribution in [0.25, 0.3) is 20.4 Å². The molecule has 25 heavy (non-hydrogen) atoms. The number of aryl methyl sites for hydroxylation is 2. The fourth-order valence-electron chi connectivity index (χ4n) is 2.55. The van der Waals surface area contributed by atoms with Crippen molar-refractivity contribution < 1.29 is 57.1 Å². The third-order valence-electron chi connectivity index (χ3n) is 3.76. The van der Waals surface area contributed by atoms with Gasteiger partial charge in [-0.05, 0) is 35.7 Å². The minimum absolute atomic E-state index is 0. The van der Waals surface area contributed by atoms with Gasteiger partial charge in [-0.15, -0.1) is 0 Å². The summed E-state index contributed by atoms with van der Waals surface area (Å²) in [6.45, 7) is 0. The molecule has 2 heterocycles. The maximum absolute atomic E-state index is 2.30. The van der Waals surface area contributed by atoms with E-state index in [2.05, 4.69) is 71.8 Å². The van der Waals surface area contributed by atoms with Crippen molar-refractivity contribution in [1.29, 1.82) is 0 Å². The zero-order chi connectivity index (χ0) is 15.8. The van der Waals surface area contributed by atoms with E-state index >= 15 is 0 Å². The number of rotatable bonds is 4. The van der Waals surface area contributed by atoms with Crippen molar-refractivity contribution in [1.82, 2.24) is 0 Å². The molecular formula is C17H16I2N2S4. The molecule has 0 radical (unpaired) electrons. The quantitative estimate of drug-likeness (QED) is 0.119. The zero-order valence-corrected chi connectivity index (χ0v) is 21.2. The van der Waals surface area contributed by atoms with E-state index in [1.165, 1.54) is 29.1 Å². The first-order chi connectivity index (χ1) is 11.2. The second-order valence-corrected chi connectivity index (χ2v) is 10.1. The van der Waals surface area contributed by atoms with Crippen LogP contribution < -0.4 is 57.1 Å². The molecule has 0 bridgehead atoms. The lowest BCUT2D eigenvalue weighted by Crippen LogP contribution is -3.00. The number of thioether (sulfide) groups is 2. The van der Waals surface area contributed by atoms with Gasteiger partial charge >= 0.3 is 0 Å². The highest BCUT2D eigenvalue weighted by molar-refractivity contribution is 8.17. The molecule has 0 spiro atoms. The van der Waals surface area contributed by atoms with Crippen molar-refractivity contribution in [2.24, 2.45) is 14.1 Å². The number of para-hydroxylation sites is 2. The molecular weight excluding hydrogens is 614 g/mol. The van der Waals surface area contributed by atoms with E-state index in [1.54, 1.807) is 0 Å². The molecule has 0 aliphatic heterocycles. The molecule has 0 aliphatic carbocycles. The molecule has 0 N–H and O–H groups in total. The Morgan fingerprint density at radius 1 is 0.720 bits per heavy atom. The smallest absolute Gasteiger partial charge is 0.299 e. The fourth-order valence-corrected chi connectivity index (χ4v) is 7.81. The van der Waals surface area contributed by atoms with Crippen LogP contribution in [0.5, 0.6) is 0 Å². The summed E-state index contributed by atoms with van der Waals surface area (Å²) in [6.07, 6.45) is 0. The van der Waals surface area contributed by atoms with Crippen LogP contribution in [0.2, 0.25) is 0 Å².